The number of anilines is 1. The van der Waals surface area contributed by atoms with Gasteiger partial charge in [0, 0.05) is 29.9 Å². The van der Waals surface area contributed by atoms with Crippen LogP contribution in [0.3, 0.4) is 0 Å². The summed E-state index contributed by atoms with van der Waals surface area (Å²) in [5, 5.41) is 14.8. The second-order valence-corrected chi connectivity index (χ2v) is 9.67. The predicted molar refractivity (Wildman–Crippen MR) is 137 cm³/mol. The van der Waals surface area contributed by atoms with Gasteiger partial charge in [0.15, 0.2) is 0 Å². The maximum Gasteiger partial charge on any atom is 0.270 e. The van der Waals surface area contributed by atoms with E-state index in [4.69, 9.17) is 15.9 Å². The van der Waals surface area contributed by atoms with E-state index in [1.807, 2.05) is 33.8 Å². The third-order valence-corrected chi connectivity index (χ3v) is 5.90. The third-order valence-electron chi connectivity index (χ3n) is 5.90. The Balaban J connectivity index is 2.15. The van der Waals surface area contributed by atoms with Crippen LogP contribution < -0.4 is 21.1 Å². The van der Waals surface area contributed by atoms with Crippen molar-refractivity contribution in [3.63, 3.8) is 0 Å². The minimum Gasteiger partial charge on any atom is -0.494 e. The molecule has 0 saturated heterocycles. The Hall–Kier alpha value is -2.93. The quantitative estimate of drug-likeness (QED) is 0.237. The number of hydrogen-bond donors (Lipinski definition) is 4. The van der Waals surface area contributed by atoms with Crippen molar-refractivity contribution in [2.24, 2.45) is 11.1 Å². The first-order chi connectivity index (χ1) is 16.1. The van der Waals surface area contributed by atoms with Crippen molar-refractivity contribution < 1.29 is 13.9 Å². The van der Waals surface area contributed by atoms with Crippen molar-refractivity contribution in [2.45, 2.75) is 66.0 Å². The van der Waals surface area contributed by atoms with Gasteiger partial charge < -0.3 is 21.1 Å². The molecule has 2 rings (SSSR count). The highest BCUT2D eigenvalue weighted by atomic mass is 19.1. The van der Waals surface area contributed by atoms with Crippen LogP contribution in [0.15, 0.2) is 42.5 Å². The number of nitrogens with one attached hydrogen (secondary N) is 3. The highest BCUT2D eigenvalue weighted by Gasteiger charge is 2.24. The van der Waals surface area contributed by atoms with Crippen LogP contribution in [0.5, 0.6) is 5.75 Å². The first kappa shape index (κ1) is 27.3. The van der Waals surface area contributed by atoms with Gasteiger partial charge in [0.2, 0.25) is 0 Å². The van der Waals surface area contributed by atoms with Gasteiger partial charge in [-0.2, -0.15) is 0 Å². The summed E-state index contributed by atoms with van der Waals surface area (Å²) >= 11 is 0. The average Bonchev–Trinajstić information content (AvgIpc) is 2.80. The molecule has 0 aliphatic carbocycles. The van der Waals surface area contributed by atoms with Gasteiger partial charge in [-0.15, -0.1) is 0 Å². The van der Waals surface area contributed by atoms with E-state index in [2.05, 4.69) is 10.6 Å². The van der Waals surface area contributed by atoms with Crippen molar-refractivity contribution in [1.82, 2.24) is 5.32 Å². The van der Waals surface area contributed by atoms with Crippen LogP contribution in [0.4, 0.5) is 10.1 Å². The maximum atomic E-state index is 13.3. The number of unbranched alkanes of at least 4 members (excludes halogenated alkanes) is 3. The second kappa shape index (κ2) is 13.1. The fraction of sp³-hybridized carbons (Fsp3) is 0.481. The predicted octanol–water partition coefficient (Wildman–Crippen LogP) is 5.25. The maximum absolute atomic E-state index is 13.3. The summed E-state index contributed by atoms with van der Waals surface area (Å²) in [6.45, 7) is 9.77. The molecule has 1 atom stereocenters. The molecule has 0 fully saturated rings. The second-order valence-electron chi connectivity index (χ2n) is 9.67. The minimum absolute atomic E-state index is 0.0992. The molecule has 0 aliphatic heterocycles. The monoisotopic (exact) mass is 470 g/mol. The fourth-order valence-electron chi connectivity index (χ4n) is 3.17. The van der Waals surface area contributed by atoms with Gasteiger partial charge in [0.05, 0.1) is 6.61 Å². The van der Waals surface area contributed by atoms with Crippen LogP contribution in [-0.2, 0) is 11.3 Å². The Morgan fingerprint density at radius 2 is 1.76 bits per heavy atom. The number of carbonyl (C=O) groups excluding carboxylic acids is 1. The molecule has 34 heavy (non-hydrogen) atoms. The summed E-state index contributed by atoms with van der Waals surface area (Å²) in [5.41, 5.74) is 7.28. The minimum atomic E-state index is -0.430. The van der Waals surface area contributed by atoms with Crippen molar-refractivity contribution in [3.8, 4) is 5.75 Å². The van der Waals surface area contributed by atoms with E-state index >= 15 is 0 Å². The van der Waals surface area contributed by atoms with E-state index in [1.165, 1.54) is 12.1 Å². The van der Waals surface area contributed by atoms with Crippen LogP contribution in [0.2, 0.25) is 0 Å². The molecule has 7 heteroatoms. The molecule has 0 aliphatic rings. The van der Waals surface area contributed by atoms with Gasteiger partial charge in [-0.3, -0.25) is 10.2 Å². The molecule has 1 amide bonds. The van der Waals surface area contributed by atoms with E-state index in [0.717, 1.165) is 31.2 Å². The molecular formula is C27H39FN4O2. The van der Waals surface area contributed by atoms with Gasteiger partial charge in [0.25, 0.3) is 5.91 Å². The van der Waals surface area contributed by atoms with E-state index in [9.17, 15) is 9.18 Å². The summed E-state index contributed by atoms with van der Waals surface area (Å²) in [6.07, 6.45) is 4.09. The van der Waals surface area contributed by atoms with Gasteiger partial charge in [0.1, 0.15) is 17.3 Å². The van der Waals surface area contributed by atoms with Gasteiger partial charge >= 0.3 is 0 Å². The zero-order chi connectivity index (χ0) is 25.1. The highest BCUT2D eigenvalue weighted by molar-refractivity contribution is 6.45. The van der Waals surface area contributed by atoms with Crippen molar-refractivity contribution in [1.29, 1.82) is 5.41 Å². The molecule has 0 bridgehead atoms. The molecule has 0 radical (unpaired) electrons. The topological polar surface area (TPSA) is 100 Å². The summed E-state index contributed by atoms with van der Waals surface area (Å²) < 4.78 is 19.2. The van der Waals surface area contributed by atoms with Crippen LogP contribution >= 0.6 is 0 Å². The lowest BCUT2D eigenvalue weighted by molar-refractivity contribution is -0.116. The number of nitrogens with two attached hydrogens (primary N) is 1. The number of rotatable bonds is 13. The molecule has 2 aromatic rings. The Morgan fingerprint density at radius 3 is 2.41 bits per heavy atom. The largest absolute Gasteiger partial charge is 0.494 e. The molecule has 1 unspecified atom stereocenters. The Morgan fingerprint density at radius 1 is 1.09 bits per heavy atom. The average molecular weight is 471 g/mol. The zero-order valence-electron chi connectivity index (χ0n) is 20.8. The van der Waals surface area contributed by atoms with Crippen molar-refractivity contribution >= 4 is 17.3 Å². The molecule has 186 valence electrons. The summed E-state index contributed by atoms with van der Waals surface area (Å²) in [4.78, 5) is 12.8. The fourth-order valence-corrected chi connectivity index (χ4v) is 3.17. The Kier molecular flexibility index (Phi) is 10.5. The molecule has 0 spiro atoms. The van der Waals surface area contributed by atoms with Crippen LogP contribution in [0, 0.1) is 16.6 Å². The smallest absolute Gasteiger partial charge is 0.270 e. The van der Waals surface area contributed by atoms with E-state index in [1.54, 1.807) is 24.3 Å². The van der Waals surface area contributed by atoms with Gasteiger partial charge in [-0.25, -0.2) is 4.39 Å². The van der Waals surface area contributed by atoms with Crippen molar-refractivity contribution in [3.05, 3.63) is 59.4 Å². The lowest BCUT2D eigenvalue weighted by Gasteiger charge is -2.28. The first-order valence-electron chi connectivity index (χ1n) is 12.0. The molecule has 0 aromatic heterocycles. The Bertz CT molecular complexity index is 939. The van der Waals surface area contributed by atoms with Crippen LogP contribution in [-0.4, -0.2) is 30.8 Å². The summed E-state index contributed by atoms with van der Waals surface area (Å²) in [7, 11) is 0. The normalized spacial score (nSPS) is 12.2. The number of carbonyl (C=O) groups is 1. The standard InChI is InChI=1S/C27H39FN4O2/c1-19(27(2,3)4)32-26(33)25(30)23-14-13-22(34-16-8-6-5-7-15-29)17-24(23)31-18-20-9-11-21(28)12-10-20/h9-14,17,19,30-31H,5-8,15-16,18,29H2,1-4H3,(H,32,33). The van der Waals surface area contributed by atoms with Gasteiger partial charge in [-0.1, -0.05) is 45.7 Å². The lowest BCUT2D eigenvalue weighted by Crippen LogP contribution is -2.44. The lowest BCUT2D eigenvalue weighted by atomic mass is 9.88. The van der Waals surface area contributed by atoms with E-state index in [0.29, 0.717) is 36.7 Å². The number of hydrogen-bond acceptors (Lipinski definition) is 5. The SMILES string of the molecule is CC(NC(=O)C(=N)c1ccc(OCCCCCCN)cc1NCc1ccc(F)cc1)C(C)(C)C. The van der Waals surface area contributed by atoms with E-state index < -0.39 is 5.91 Å². The third kappa shape index (κ3) is 8.78. The molecule has 6 nitrogen and oxygen atoms in total. The summed E-state index contributed by atoms with van der Waals surface area (Å²) in [5.74, 6) is -0.0565. The molecule has 2 aromatic carbocycles. The molecule has 5 N–H and O–H groups in total. The highest BCUT2D eigenvalue weighted by Crippen LogP contribution is 2.25. The zero-order valence-corrected chi connectivity index (χ0v) is 20.8. The van der Waals surface area contributed by atoms with E-state index in [-0.39, 0.29) is 23.0 Å². The number of benzene rings is 2. The van der Waals surface area contributed by atoms with Crippen molar-refractivity contribution in [2.75, 3.05) is 18.5 Å². The molecular weight excluding hydrogens is 431 g/mol. The number of halogens is 1. The van der Waals surface area contributed by atoms with Crippen LogP contribution in [0.1, 0.15) is 64.5 Å². The Labute approximate surface area is 203 Å². The number of ether oxygens (including phenoxy) is 1. The number of amides is 1. The first-order valence-corrected chi connectivity index (χ1v) is 12.0. The van der Waals surface area contributed by atoms with Crippen LogP contribution in [0.25, 0.3) is 0 Å². The molecule has 0 saturated carbocycles. The molecule has 0 heterocycles. The summed E-state index contributed by atoms with van der Waals surface area (Å²) in [6, 6.07) is 11.5. The van der Waals surface area contributed by atoms with Gasteiger partial charge in [-0.05, 0) is 61.6 Å².